The number of aryl methyl sites for hydroxylation is 1. The van der Waals surface area contributed by atoms with E-state index in [0.29, 0.717) is 44.4 Å². The number of nitrogens with one attached hydrogen (secondary N) is 1. The van der Waals surface area contributed by atoms with Gasteiger partial charge in [-0.05, 0) is 36.2 Å². The summed E-state index contributed by atoms with van der Waals surface area (Å²) >= 11 is 0. The summed E-state index contributed by atoms with van der Waals surface area (Å²) in [4.78, 5) is 28.3. The fraction of sp³-hybridized carbons (Fsp3) is 0.280. The fourth-order valence-corrected chi connectivity index (χ4v) is 4.46. The van der Waals surface area contributed by atoms with Gasteiger partial charge in [0.25, 0.3) is 5.91 Å². The van der Waals surface area contributed by atoms with Gasteiger partial charge in [-0.15, -0.1) is 0 Å². The van der Waals surface area contributed by atoms with Crippen molar-refractivity contribution in [1.29, 1.82) is 0 Å². The highest BCUT2D eigenvalue weighted by molar-refractivity contribution is 6.08. The van der Waals surface area contributed by atoms with E-state index in [1.165, 1.54) is 12.3 Å². The van der Waals surface area contributed by atoms with Crippen LogP contribution in [-0.2, 0) is 4.74 Å². The van der Waals surface area contributed by atoms with Crippen LogP contribution in [0.25, 0.3) is 16.9 Å². The number of halogens is 1. The third-order valence-corrected chi connectivity index (χ3v) is 6.10. The highest BCUT2D eigenvalue weighted by atomic mass is 19.1. The molecular formula is C25H25FN6O2. The summed E-state index contributed by atoms with van der Waals surface area (Å²) < 4.78 is 21.2. The minimum absolute atomic E-state index is 0.211. The number of carbonyl (C=O) groups excluding carboxylic acids is 1. The van der Waals surface area contributed by atoms with Gasteiger partial charge in [-0.3, -0.25) is 19.2 Å². The van der Waals surface area contributed by atoms with Crippen molar-refractivity contribution in [3.8, 4) is 5.95 Å². The molecule has 0 spiro atoms. The highest BCUT2D eigenvalue weighted by Crippen LogP contribution is 2.27. The van der Waals surface area contributed by atoms with Crippen LogP contribution >= 0.6 is 0 Å². The molecule has 0 bridgehead atoms. The topological polar surface area (TPSA) is 85.2 Å². The largest absolute Gasteiger partial charge is 0.379 e. The molecule has 1 atom stereocenters. The maximum atomic E-state index is 13.9. The minimum Gasteiger partial charge on any atom is -0.379 e. The summed E-state index contributed by atoms with van der Waals surface area (Å²) in [6.45, 7) is 4.87. The molecule has 1 unspecified atom stereocenters. The van der Waals surface area contributed by atoms with E-state index in [4.69, 9.17) is 4.74 Å². The summed E-state index contributed by atoms with van der Waals surface area (Å²) in [5.74, 6) is -0.116. The van der Waals surface area contributed by atoms with E-state index in [1.54, 1.807) is 30.9 Å². The lowest BCUT2D eigenvalue weighted by molar-refractivity contribution is 0.0161. The number of fused-ring (bicyclic) bond motifs is 1. The summed E-state index contributed by atoms with van der Waals surface area (Å²) in [5.41, 5.74) is 3.10. The normalized spacial score (nSPS) is 15.4. The van der Waals surface area contributed by atoms with Gasteiger partial charge in [-0.2, -0.15) is 0 Å². The SMILES string of the molecule is Cc1cccc2c1c(C(=O)NCC(c1cncc(F)c1)N1CCOCC1)cn2-c1ncccn1. The van der Waals surface area contributed by atoms with Gasteiger partial charge in [0.2, 0.25) is 5.95 Å². The van der Waals surface area contributed by atoms with Crippen LogP contribution in [-0.4, -0.2) is 63.2 Å². The Labute approximate surface area is 196 Å². The second-order valence-corrected chi connectivity index (χ2v) is 8.24. The van der Waals surface area contributed by atoms with Crippen molar-refractivity contribution in [2.24, 2.45) is 0 Å². The van der Waals surface area contributed by atoms with Crippen LogP contribution in [0.2, 0.25) is 0 Å². The standard InChI is InChI=1S/C25H25FN6O2/c1-17-4-2-5-21-23(17)20(16-32(21)25-28-6-3-7-29-25)24(33)30-15-22(31-8-10-34-11-9-31)18-12-19(26)14-27-13-18/h2-7,12-14,16,22H,8-11,15H2,1H3,(H,30,33). The lowest BCUT2D eigenvalue weighted by atomic mass is 10.1. The average Bonchev–Trinajstić information content (AvgIpc) is 3.27. The Morgan fingerprint density at radius 2 is 1.97 bits per heavy atom. The van der Waals surface area contributed by atoms with Crippen LogP contribution in [0, 0.1) is 12.7 Å². The zero-order valence-corrected chi connectivity index (χ0v) is 18.8. The number of hydrogen-bond donors (Lipinski definition) is 1. The number of amides is 1. The fourth-order valence-electron chi connectivity index (χ4n) is 4.46. The minimum atomic E-state index is -0.399. The Morgan fingerprint density at radius 3 is 2.74 bits per heavy atom. The Bertz CT molecular complexity index is 1300. The quantitative estimate of drug-likeness (QED) is 0.476. The molecule has 9 heteroatoms. The van der Waals surface area contributed by atoms with Crippen molar-refractivity contribution >= 4 is 16.8 Å². The van der Waals surface area contributed by atoms with Crippen molar-refractivity contribution in [3.05, 3.63) is 83.8 Å². The molecule has 1 aromatic carbocycles. The number of nitrogens with zero attached hydrogens (tertiary/aromatic N) is 5. The number of morpholine rings is 1. The first-order valence-corrected chi connectivity index (χ1v) is 11.2. The summed E-state index contributed by atoms with van der Waals surface area (Å²) in [6.07, 6.45) is 7.95. The molecule has 1 saturated heterocycles. The van der Waals surface area contributed by atoms with E-state index in [0.717, 1.165) is 22.0 Å². The summed E-state index contributed by atoms with van der Waals surface area (Å²) in [6, 6.07) is 8.88. The maximum absolute atomic E-state index is 13.9. The number of pyridine rings is 1. The predicted octanol–water partition coefficient (Wildman–Crippen LogP) is 3.07. The molecule has 4 aromatic rings. The number of benzene rings is 1. The van der Waals surface area contributed by atoms with E-state index in [2.05, 4.69) is 25.2 Å². The van der Waals surface area contributed by atoms with Crippen LogP contribution in [0.15, 0.2) is 61.3 Å². The Morgan fingerprint density at radius 1 is 1.18 bits per heavy atom. The first-order valence-electron chi connectivity index (χ1n) is 11.2. The van der Waals surface area contributed by atoms with Crippen molar-refractivity contribution in [3.63, 3.8) is 0 Å². The van der Waals surface area contributed by atoms with Crippen LogP contribution in [0.5, 0.6) is 0 Å². The maximum Gasteiger partial charge on any atom is 0.253 e. The predicted molar refractivity (Wildman–Crippen MR) is 125 cm³/mol. The molecular weight excluding hydrogens is 435 g/mol. The van der Waals surface area contributed by atoms with Crippen LogP contribution in [0.4, 0.5) is 4.39 Å². The molecule has 1 amide bonds. The molecule has 8 nitrogen and oxygen atoms in total. The third kappa shape index (κ3) is 4.40. The average molecular weight is 461 g/mol. The lowest BCUT2D eigenvalue weighted by Crippen LogP contribution is -2.43. The van der Waals surface area contributed by atoms with Gasteiger partial charge < -0.3 is 10.1 Å². The zero-order valence-electron chi connectivity index (χ0n) is 18.8. The van der Waals surface area contributed by atoms with E-state index in [1.807, 2.05) is 29.7 Å². The van der Waals surface area contributed by atoms with E-state index >= 15 is 0 Å². The molecule has 3 aromatic heterocycles. The summed E-state index contributed by atoms with van der Waals surface area (Å²) in [5, 5.41) is 3.92. The monoisotopic (exact) mass is 460 g/mol. The Hall–Kier alpha value is -3.69. The van der Waals surface area contributed by atoms with Crippen molar-refractivity contribution in [2.45, 2.75) is 13.0 Å². The molecule has 0 aliphatic carbocycles. The van der Waals surface area contributed by atoms with E-state index < -0.39 is 5.82 Å². The Balaban J connectivity index is 1.46. The number of carbonyl (C=O) groups is 1. The van der Waals surface area contributed by atoms with Gasteiger partial charge in [0.05, 0.1) is 36.5 Å². The van der Waals surface area contributed by atoms with Crippen LogP contribution in [0.3, 0.4) is 0 Å². The van der Waals surface area contributed by atoms with Gasteiger partial charge in [-0.1, -0.05) is 12.1 Å². The van der Waals surface area contributed by atoms with Gasteiger partial charge in [0, 0.05) is 49.8 Å². The smallest absolute Gasteiger partial charge is 0.253 e. The highest BCUT2D eigenvalue weighted by Gasteiger charge is 2.25. The molecule has 1 fully saturated rings. The van der Waals surface area contributed by atoms with Gasteiger partial charge in [0.1, 0.15) is 5.82 Å². The molecule has 4 heterocycles. The van der Waals surface area contributed by atoms with Gasteiger partial charge in [-0.25, -0.2) is 14.4 Å². The first kappa shape index (κ1) is 22.1. The molecule has 1 aliphatic heterocycles. The molecule has 0 radical (unpaired) electrons. The molecule has 34 heavy (non-hydrogen) atoms. The molecule has 5 rings (SSSR count). The zero-order chi connectivity index (χ0) is 23.5. The number of hydrogen-bond acceptors (Lipinski definition) is 6. The van der Waals surface area contributed by atoms with Crippen LogP contribution < -0.4 is 5.32 Å². The molecule has 0 saturated carbocycles. The van der Waals surface area contributed by atoms with Crippen molar-refractivity contribution < 1.29 is 13.9 Å². The number of ether oxygens (including phenoxy) is 1. The molecule has 174 valence electrons. The van der Waals surface area contributed by atoms with Crippen molar-refractivity contribution in [2.75, 3.05) is 32.8 Å². The first-order chi connectivity index (χ1) is 16.6. The van der Waals surface area contributed by atoms with Gasteiger partial charge >= 0.3 is 0 Å². The van der Waals surface area contributed by atoms with E-state index in [9.17, 15) is 9.18 Å². The van der Waals surface area contributed by atoms with Crippen LogP contribution in [0.1, 0.15) is 27.5 Å². The van der Waals surface area contributed by atoms with E-state index in [-0.39, 0.29) is 11.9 Å². The lowest BCUT2D eigenvalue weighted by Gasteiger charge is -2.34. The summed E-state index contributed by atoms with van der Waals surface area (Å²) in [7, 11) is 0. The van der Waals surface area contributed by atoms with Crippen molar-refractivity contribution in [1.82, 2.24) is 29.7 Å². The third-order valence-electron chi connectivity index (χ3n) is 6.10. The molecule has 1 N–H and O–H groups in total. The number of aromatic nitrogens is 4. The molecule has 1 aliphatic rings. The second kappa shape index (κ2) is 9.66. The van der Waals surface area contributed by atoms with Gasteiger partial charge in [0.15, 0.2) is 0 Å². The second-order valence-electron chi connectivity index (χ2n) is 8.24. The Kier molecular flexibility index (Phi) is 6.29. The number of rotatable bonds is 6.